The molecule has 2 N–H and O–H groups in total. The number of aromatic nitrogens is 2. The quantitative estimate of drug-likeness (QED) is 0.104. The third kappa shape index (κ3) is 6.06. The fourth-order valence-electron chi connectivity index (χ4n) is 5.65. The van der Waals surface area contributed by atoms with Gasteiger partial charge in [0, 0.05) is 23.7 Å². The molecule has 12 nitrogen and oxygen atoms in total. The normalized spacial score (nSPS) is 21.2. The van der Waals surface area contributed by atoms with Crippen LogP contribution >= 0.6 is 0 Å². The molecule has 1 fully saturated rings. The largest absolute Gasteiger partial charge is 0.497 e. The van der Waals surface area contributed by atoms with E-state index < -0.39 is 47.6 Å². The van der Waals surface area contributed by atoms with Gasteiger partial charge in [-0.15, -0.1) is 0 Å². The Balaban J connectivity index is 1.65. The molecule has 234 valence electrons. The van der Waals surface area contributed by atoms with Crippen molar-refractivity contribution in [3.8, 4) is 11.5 Å². The van der Waals surface area contributed by atoms with Crippen molar-refractivity contribution in [3.05, 3.63) is 139 Å². The molecule has 4 atom stereocenters. The zero-order chi connectivity index (χ0) is 32.0. The number of aliphatic hydroxyl groups is 1. The van der Waals surface area contributed by atoms with Gasteiger partial charge in [0.05, 0.1) is 20.8 Å². The minimum atomic E-state index is -2.10. The second-order valence-electron chi connectivity index (χ2n) is 10.5. The van der Waals surface area contributed by atoms with Crippen molar-refractivity contribution in [2.45, 2.75) is 36.1 Å². The molecule has 0 bridgehead atoms. The Bertz CT molecular complexity index is 1710. The molecule has 1 aliphatic rings. The lowest BCUT2D eigenvalue weighted by Crippen LogP contribution is -2.49. The van der Waals surface area contributed by atoms with E-state index in [2.05, 4.69) is 15.0 Å². The molecule has 0 radical (unpaired) electrons. The SMILES string of the molecule is COc1ccc(C(OC[C@@]2(CCN=[N+]=[N-])O[C@@H](n3ccc(=O)[nH]c3=O)[C@H](F)[C@@H]2O)(c2ccccc2)c2ccc(OC)cc2)cc1. The number of ether oxygens (including phenoxy) is 4. The van der Waals surface area contributed by atoms with Crippen LogP contribution in [0.1, 0.15) is 29.3 Å². The molecule has 0 amide bonds. The van der Waals surface area contributed by atoms with Crippen molar-refractivity contribution in [1.82, 2.24) is 9.55 Å². The van der Waals surface area contributed by atoms with E-state index in [1.165, 1.54) is 0 Å². The molecule has 13 heteroatoms. The number of nitrogens with one attached hydrogen (secondary N) is 1. The van der Waals surface area contributed by atoms with Gasteiger partial charge >= 0.3 is 5.69 Å². The van der Waals surface area contributed by atoms with Crippen LogP contribution < -0.4 is 20.7 Å². The summed E-state index contributed by atoms with van der Waals surface area (Å²) in [5, 5.41) is 15.0. The predicted molar refractivity (Wildman–Crippen MR) is 162 cm³/mol. The topological polar surface area (TPSA) is 161 Å². The lowest BCUT2D eigenvalue weighted by molar-refractivity contribution is -0.163. The molecule has 3 aromatic carbocycles. The maximum absolute atomic E-state index is 15.9. The highest BCUT2D eigenvalue weighted by Crippen LogP contribution is 2.46. The number of aromatic amines is 1. The standard InChI is InChI=1S/C32H32FN5O7/c1-42-24-12-8-22(9-13-24)32(21-6-4-3-5-7-21,23-10-14-25(43-2)15-11-23)44-20-31(17-18-35-37-34)28(40)27(33)29(45-31)38-19-16-26(39)36-30(38)41/h3-16,19,27-29,40H,17-18,20H2,1-2H3,(H,36,39,41)/t27-,28+,29-,31-/m1/s1. The van der Waals surface area contributed by atoms with Crippen LogP contribution in [0.3, 0.4) is 0 Å². The number of H-pyrrole nitrogens is 1. The van der Waals surface area contributed by atoms with Crippen molar-refractivity contribution in [2.75, 3.05) is 27.4 Å². The molecular weight excluding hydrogens is 585 g/mol. The van der Waals surface area contributed by atoms with Gasteiger partial charge in [-0.05, 0) is 52.9 Å². The smallest absolute Gasteiger partial charge is 0.330 e. The minimum Gasteiger partial charge on any atom is -0.497 e. The second kappa shape index (κ2) is 13.4. The number of nitrogens with zero attached hydrogens (tertiary/aromatic N) is 4. The fourth-order valence-corrected chi connectivity index (χ4v) is 5.65. The highest BCUT2D eigenvalue weighted by molar-refractivity contribution is 5.49. The summed E-state index contributed by atoms with van der Waals surface area (Å²) in [6.07, 6.45) is -4.57. The van der Waals surface area contributed by atoms with Gasteiger partial charge in [0.1, 0.15) is 28.8 Å². The summed E-state index contributed by atoms with van der Waals surface area (Å²) in [6, 6.07) is 24.9. The molecule has 0 spiro atoms. The van der Waals surface area contributed by atoms with E-state index in [0.717, 1.165) is 16.8 Å². The fraction of sp³-hybridized carbons (Fsp3) is 0.312. The molecule has 0 aliphatic carbocycles. The van der Waals surface area contributed by atoms with E-state index in [9.17, 15) is 14.7 Å². The van der Waals surface area contributed by atoms with Crippen LogP contribution in [0.5, 0.6) is 11.5 Å². The Hall–Kier alpha value is -4.94. The third-order valence-corrected chi connectivity index (χ3v) is 8.00. The molecule has 5 rings (SSSR count). The van der Waals surface area contributed by atoms with Crippen molar-refractivity contribution >= 4 is 0 Å². The Labute approximate surface area is 257 Å². The number of methoxy groups -OCH3 is 2. The Kier molecular flexibility index (Phi) is 9.35. The van der Waals surface area contributed by atoms with E-state index in [1.54, 1.807) is 38.5 Å². The monoisotopic (exact) mass is 617 g/mol. The molecule has 1 saturated heterocycles. The summed E-state index contributed by atoms with van der Waals surface area (Å²) >= 11 is 0. The molecule has 45 heavy (non-hydrogen) atoms. The van der Waals surface area contributed by atoms with Crippen LogP contribution in [0.25, 0.3) is 10.4 Å². The maximum Gasteiger partial charge on any atom is 0.330 e. The first-order valence-corrected chi connectivity index (χ1v) is 14.1. The molecule has 0 saturated carbocycles. The van der Waals surface area contributed by atoms with Crippen LogP contribution in [0, 0.1) is 0 Å². The van der Waals surface area contributed by atoms with Crippen molar-refractivity contribution in [2.24, 2.45) is 5.11 Å². The highest BCUT2D eigenvalue weighted by atomic mass is 19.1. The van der Waals surface area contributed by atoms with Gasteiger partial charge in [0.15, 0.2) is 12.4 Å². The summed E-state index contributed by atoms with van der Waals surface area (Å²) < 4.78 is 40.6. The number of aliphatic hydroxyl groups excluding tert-OH is 1. The van der Waals surface area contributed by atoms with Gasteiger partial charge in [-0.2, -0.15) is 0 Å². The van der Waals surface area contributed by atoms with E-state index in [1.807, 2.05) is 54.6 Å². The van der Waals surface area contributed by atoms with Crippen LogP contribution in [-0.2, 0) is 15.1 Å². The number of benzene rings is 3. The molecule has 2 heterocycles. The second-order valence-corrected chi connectivity index (χ2v) is 10.5. The van der Waals surface area contributed by atoms with Crippen LogP contribution in [-0.4, -0.2) is 59.9 Å². The van der Waals surface area contributed by atoms with Crippen LogP contribution in [0.2, 0.25) is 0 Å². The van der Waals surface area contributed by atoms with E-state index in [-0.39, 0.29) is 13.0 Å². The lowest BCUT2D eigenvalue weighted by Gasteiger charge is -2.40. The summed E-state index contributed by atoms with van der Waals surface area (Å²) in [6.45, 7) is -0.572. The number of rotatable bonds is 12. The van der Waals surface area contributed by atoms with Crippen molar-refractivity contribution < 1.29 is 28.4 Å². The van der Waals surface area contributed by atoms with Crippen LogP contribution in [0.15, 0.2) is 106 Å². The van der Waals surface area contributed by atoms with Crippen molar-refractivity contribution in [3.63, 3.8) is 0 Å². The number of alkyl halides is 1. The Morgan fingerprint density at radius 2 is 1.56 bits per heavy atom. The Morgan fingerprint density at radius 1 is 0.978 bits per heavy atom. The first-order valence-electron chi connectivity index (χ1n) is 14.1. The van der Waals surface area contributed by atoms with Gasteiger partial charge in [-0.3, -0.25) is 14.3 Å². The van der Waals surface area contributed by atoms with E-state index >= 15 is 4.39 Å². The predicted octanol–water partition coefficient (Wildman–Crippen LogP) is 4.23. The third-order valence-electron chi connectivity index (χ3n) is 8.00. The zero-order valence-electron chi connectivity index (χ0n) is 24.6. The number of azide groups is 1. The van der Waals surface area contributed by atoms with Crippen molar-refractivity contribution in [1.29, 1.82) is 0 Å². The minimum absolute atomic E-state index is 0.149. The average molecular weight is 618 g/mol. The lowest BCUT2D eigenvalue weighted by atomic mass is 9.79. The summed E-state index contributed by atoms with van der Waals surface area (Å²) in [4.78, 5) is 29.1. The number of hydrogen-bond acceptors (Lipinski definition) is 8. The molecule has 0 unspecified atom stereocenters. The van der Waals surface area contributed by atoms with E-state index in [0.29, 0.717) is 28.2 Å². The summed E-state index contributed by atoms with van der Waals surface area (Å²) in [7, 11) is 3.12. The highest BCUT2D eigenvalue weighted by Gasteiger charge is 2.57. The molecule has 4 aromatic rings. The average Bonchev–Trinajstić information content (AvgIpc) is 3.31. The Morgan fingerprint density at radius 3 is 2.09 bits per heavy atom. The first-order chi connectivity index (χ1) is 21.8. The number of hydrogen-bond donors (Lipinski definition) is 2. The summed E-state index contributed by atoms with van der Waals surface area (Å²) in [5.74, 6) is 1.23. The molecule has 1 aromatic heterocycles. The van der Waals surface area contributed by atoms with E-state index in [4.69, 9.17) is 24.5 Å². The molecular formula is C32H32FN5O7. The number of halogens is 1. The first kappa shape index (κ1) is 31.5. The van der Waals surface area contributed by atoms with Gasteiger partial charge in [-0.1, -0.05) is 59.7 Å². The summed E-state index contributed by atoms with van der Waals surface area (Å²) in [5.41, 5.74) is 6.34. The van der Waals surface area contributed by atoms with Gasteiger partial charge in [0.2, 0.25) is 0 Å². The molecule has 1 aliphatic heterocycles. The van der Waals surface area contributed by atoms with Gasteiger partial charge in [0.25, 0.3) is 5.56 Å². The maximum atomic E-state index is 15.9. The van der Waals surface area contributed by atoms with Crippen LogP contribution in [0.4, 0.5) is 4.39 Å². The van der Waals surface area contributed by atoms with Gasteiger partial charge in [-0.25, -0.2) is 9.18 Å². The van der Waals surface area contributed by atoms with Gasteiger partial charge < -0.3 is 24.1 Å². The zero-order valence-corrected chi connectivity index (χ0v) is 24.6.